The molecule has 0 saturated carbocycles. The van der Waals surface area contributed by atoms with E-state index < -0.39 is 0 Å². The van der Waals surface area contributed by atoms with Crippen molar-refractivity contribution in [1.82, 2.24) is 9.78 Å². The van der Waals surface area contributed by atoms with Crippen molar-refractivity contribution in [2.75, 3.05) is 0 Å². The summed E-state index contributed by atoms with van der Waals surface area (Å²) < 4.78 is 13.0. The van der Waals surface area contributed by atoms with Crippen LogP contribution in [0.2, 0.25) is 5.02 Å². The summed E-state index contributed by atoms with van der Waals surface area (Å²) in [6.45, 7) is 6.05. The third-order valence-electron chi connectivity index (χ3n) is 5.06. The van der Waals surface area contributed by atoms with Crippen LogP contribution >= 0.6 is 11.6 Å². The largest absolute Gasteiger partial charge is 0.489 e. The molecule has 0 N–H and O–H groups in total. The Bertz CT molecular complexity index is 1380. The summed E-state index contributed by atoms with van der Waals surface area (Å²) in [6.07, 6.45) is 0. The SMILES string of the molecule is Cc1nn(-c2ccc(C#N)c(Cl)c2)c(C)c1COc1ccc2c(C)cc(=O)oc2c1. The van der Waals surface area contributed by atoms with Gasteiger partial charge in [-0.2, -0.15) is 10.4 Å². The molecule has 0 fully saturated rings. The lowest BCUT2D eigenvalue weighted by Crippen LogP contribution is -2.02. The Hall–Kier alpha value is -3.56. The topological polar surface area (TPSA) is 81.0 Å². The molecule has 0 aliphatic carbocycles. The zero-order valence-electron chi connectivity index (χ0n) is 16.7. The first-order valence-electron chi connectivity index (χ1n) is 9.30. The molecule has 0 amide bonds. The number of benzene rings is 2. The molecule has 30 heavy (non-hydrogen) atoms. The molecule has 7 heteroatoms. The average molecular weight is 420 g/mol. The minimum absolute atomic E-state index is 0.309. The molecule has 0 atom stereocenters. The van der Waals surface area contributed by atoms with Crippen LogP contribution in [0.15, 0.2) is 51.7 Å². The molecule has 0 aliphatic rings. The normalized spacial score (nSPS) is 10.9. The number of ether oxygens (including phenoxy) is 1. The Labute approximate surface area is 177 Å². The van der Waals surface area contributed by atoms with E-state index in [1.807, 2.05) is 39.0 Å². The maximum absolute atomic E-state index is 11.6. The van der Waals surface area contributed by atoms with Crippen molar-refractivity contribution < 1.29 is 9.15 Å². The van der Waals surface area contributed by atoms with Gasteiger partial charge in [-0.1, -0.05) is 11.6 Å². The lowest BCUT2D eigenvalue weighted by Gasteiger charge is -2.09. The lowest BCUT2D eigenvalue weighted by atomic mass is 10.1. The van der Waals surface area contributed by atoms with E-state index in [1.54, 1.807) is 22.9 Å². The van der Waals surface area contributed by atoms with E-state index in [9.17, 15) is 4.79 Å². The van der Waals surface area contributed by atoms with Gasteiger partial charge in [0.2, 0.25) is 0 Å². The summed E-state index contributed by atoms with van der Waals surface area (Å²) in [7, 11) is 0. The van der Waals surface area contributed by atoms with Crippen molar-refractivity contribution in [1.29, 1.82) is 5.26 Å². The standard InChI is InChI=1S/C23H18ClN3O3/c1-13-8-23(28)30-22-10-18(6-7-19(13)22)29-12-20-14(2)26-27(15(20)3)17-5-4-16(11-25)21(24)9-17/h4-10H,12H2,1-3H3. The second-order valence-electron chi connectivity index (χ2n) is 7.03. The summed E-state index contributed by atoms with van der Waals surface area (Å²) in [4.78, 5) is 11.6. The number of hydrogen-bond donors (Lipinski definition) is 0. The van der Waals surface area contributed by atoms with Gasteiger partial charge in [-0.3, -0.25) is 0 Å². The molecule has 0 saturated heterocycles. The fourth-order valence-electron chi connectivity index (χ4n) is 3.41. The Morgan fingerprint density at radius 1 is 1.17 bits per heavy atom. The van der Waals surface area contributed by atoms with Crippen LogP contribution in [0.3, 0.4) is 0 Å². The number of aromatic nitrogens is 2. The first-order valence-corrected chi connectivity index (χ1v) is 9.67. The van der Waals surface area contributed by atoms with E-state index in [-0.39, 0.29) is 5.63 Å². The maximum atomic E-state index is 11.6. The summed E-state index contributed by atoms with van der Waals surface area (Å²) in [5.74, 6) is 0.601. The monoisotopic (exact) mass is 419 g/mol. The minimum atomic E-state index is -0.383. The number of aryl methyl sites for hydroxylation is 2. The Morgan fingerprint density at radius 2 is 1.97 bits per heavy atom. The lowest BCUT2D eigenvalue weighted by molar-refractivity contribution is 0.304. The number of fused-ring (bicyclic) bond motifs is 1. The molecule has 4 aromatic rings. The molecule has 2 aromatic carbocycles. The molecule has 150 valence electrons. The van der Waals surface area contributed by atoms with Gasteiger partial charge in [-0.25, -0.2) is 9.48 Å². The van der Waals surface area contributed by atoms with Crippen molar-refractivity contribution in [2.45, 2.75) is 27.4 Å². The van der Waals surface area contributed by atoms with Crippen LogP contribution in [-0.2, 0) is 6.61 Å². The molecule has 4 rings (SSSR count). The van der Waals surface area contributed by atoms with Gasteiger partial charge in [0, 0.05) is 28.8 Å². The van der Waals surface area contributed by atoms with E-state index in [0.717, 1.165) is 33.6 Å². The first-order chi connectivity index (χ1) is 14.4. The molecule has 2 heterocycles. The molecule has 0 aliphatic heterocycles. The fraction of sp³-hybridized carbons (Fsp3) is 0.174. The highest BCUT2D eigenvalue weighted by molar-refractivity contribution is 6.31. The maximum Gasteiger partial charge on any atom is 0.336 e. The minimum Gasteiger partial charge on any atom is -0.489 e. The number of nitriles is 1. The highest BCUT2D eigenvalue weighted by atomic mass is 35.5. The van der Waals surface area contributed by atoms with Crippen molar-refractivity contribution >= 4 is 22.6 Å². The quantitative estimate of drug-likeness (QED) is 0.434. The summed E-state index contributed by atoms with van der Waals surface area (Å²) in [6, 6.07) is 14.2. The van der Waals surface area contributed by atoms with Crippen LogP contribution in [0, 0.1) is 32.1 Å². The summed E-state index contributed by atoms with van der Waals surface area (Å²) in [5.41, 5.74) is 4.85. The third kappa shape index (κ3) is 3.56. The van der Waals surface area contributed by atoms with Gasteiger partial charge in [0.05, 0.1) is 22.0 Å². The zero-order chi connectivity index (χ0) is 21.4. The molecule has 0 bridgehead atoms. The Morgan fingerprint density at radius 3 is 2.70 bits per heavy atom. The molecule has 0 radical (unpaired) electrons. The van der Waals surface area contributed by atoms with Gasteiger partial charge < -0.3 is 9.15 Å². The third-order valence-corrected chi connectivity index (χ3v) is 5.38. The van der Waals surface area contributed by atoms with Crippen LogP contribution in [-0.4, -0.2) is 9.78 Å². The molecule has 2 aromatic heterocycles. The Balaban J connectivity index is 1.62. The van der Waals surface area contributed by atoms with Crippen molar-refractivity contribution in [3.8, 4) is 17.5 Å². The van der Waals surface area contributed by atoms with E-state index in [1.165, 1.54) is 6.07 Å². The van der Waals surface area contributed by atoms with E-state index in [4.69, 9.17) is 26.0 Å². The van der Waals surface area contributed by atoms with Crippen LogP contribution in [0.1, 0.15) is 28.1 Å². The van der Waals surface area contributed by atoms with Crippen LogP contribution < -0.4 is 10.4 Å². The zero-order valence-corrected chi connectivity index (χ0v) is 17.4. The molecular formula is C23H18ClN3O3. The van der Waals surface area contributed by atoms with Crippen molar-refractivity contribution in [2.24, 2.45) is 0 Å². The summed E-state index contributed by atoms with van der Waals surface area (Å²) >= 11 is 6.17. The first kappa shape index (κ1) is 19.7. The van der Waals surface area contributed by atoms with Crippen molar-refractivity contribution in [3.05, 3.63) is 86.0 Å². The fourth-order valence-corrected chi connectivity index (χ4v) is 3.63. The predicted molar refractivity (Wildman–Crippen MR) is 114 cm³/mol. The Kier molecular flexibility index (Phi) is 5.06. The smallest absolute Gasteiger partial charge is 0.336 e. The number of rotatable bonds is 4. The summed E-state index contributed by atoms with van der Waals surface area (Å²) in [5, 5.41) is 14.9. The highest BCUT2D eigenvalue weighted by Gasteiger charge is 2.15. The van der Waals surface area contributed by atoms with E-state index in [0.29, 0.717) is 28.5 Å². The van der Waals surface area contributed by atoms with Gasteiger partial charge in [0.15, 0.2) is 0 Å². The second kappa shape index (κ2) is 7.69. The average Bonchev–Trinajstić information content (AvgIpc) is 2.99. The molecular weight excluding hydrogens is 402 g/mol. The number of nitrogens with zero attached hydrogens (tertiary/aromatic N) is 3. The highest BCUT2D eigenvalue weighted by Crippen LogP contribution is 2.26. The van der Waals surface area contributed by atoms with Crippen LogP contribution in [0.5, 0.6) is 5.75 Å². The predicted octanol–water partition coefficient (Wildman–Crippen LogP) is 5.01. The van der Waals surface area contributed by atoms with E-state index >= 15 is 0 Å². The molecule has 6 nitrogen and oxygen atoms in total. The van der Waals surface area contributed by atoms with Crippen molar-refractivity contribution in [3.63, 3.8) is 0 Å². The van der Waals surface area contributed by atoms with Gasteiger partial charge >= 0.3 is 5.63 Å². The number of hydrogen-bond acceptors (Lipinski definition) is 5. The van der Waals surface area contributed by atoms with E-state index in [2.05, 4.69) is 11.2 Å². The van der Waals surface area contributed by atoms with Gasteiger partial charge in [-0.05, 0) is 56.7 Å². The van der Waals surface area contributed by atoms with Gasteiger partial charge in [0.25, 0.3) is 0 Å². The van der Waals surface area contributed by atoms with Crippen LogP contribution in [0.25, 0.3) is 16.7 Å². The molecule has 0 spiro atoms. The van der Waals surface area contributed by atoms with Gasteiger partial charge in [-0.15, -0.1) is 0 Å². The number of halogens is 1. The van der Waals surface area contributed by atoms with Crippen LogP contribution in [0.4, 0.5) is 0 Å². The second-order valence-corrected chi connectivity index (χ2v) is 7.44. The molecule has 0 unspecified atom stereocenters. The van der Waals surface area contributed by atoms with Gasteiger partial charge in [0.1, 0.15) is 24.0 Å².